The quantitative estimate of drug-likeness (QED) is 0.309. The number of hydrogen-bond acceptors (Lipinski definition) is 2. The van der Waals surface area contributed by atoms with E-state index in [1.807, 2.05) is 49.4 Å². The molecule has 0 aliphatic rings. The lowest BCUT2D eigenvalue weighted by Gasteiger charge is -2.17. The van der Waals surface area contributed by atoms with Crippen molar-refractivity contribution < 1.29 is 9.59 Å². The van der Waals surface area contributed by atoms with Crippen molar-refractivity contribution in [2.45, 2.75) is 13.0 Å². The molecule has 4 nitrogen and oxygen atoms in total. The SMILES string of the molecule is C[C@H](NC(=O)c1cccc(NC(=O)c2ccccc2I)c1)c1cccc2ccccc12. The predicted octanol–water partition coefficient (Wildman–Crippen LogP) is 6.19. The van der Waals surface area contributed by atoms with Crippen molar-refractivity contribution in [2.24, 2.45) is 0 Å². The molecule has 0 saturated heterocycles. The van der Waals surface area contributed by atoms with E-state index in [1.165, 1.54) is 0 Å². The Morgan fingerprint density at radius 1 is 0.806 bits per heavy atom. The molecule has 0 aliphatic heterocycles. The molecule has 0 bridgehead atoms. The normalized spacial score (nSPS) is 11.7. The number of hydrogen-bond donors (Lipinski definition) is 2. The molecule has 4 aromatic carbocycles. The van der Waals surface area contributed by atoms with Crippen molar-refractivity contribution >= 4 is 50.9 Å². The van der Waals surface area contributed by atoms with E-state index in [0.29, 0.717) is 16.8 Å². The molecule has 0 spiro atoms. The van der Waals surface area contributed by atoms with Gasteiger partial charge in [0.1, 0.15) is 0 Å². The molecule has 0 unspecified atom stereocenters. The second-order valence-corrected chi connectivity index (χ2v) is 8.44. The molecule has 1 atom stereocenters. The third-order valence-corrected chi connectivity index (χ3v) is 6.08. The second kappa shape index (κ2) is 9.31. The van der Waals surface area contributed by atoms with Gasteiger partial charge in [-0.1, -0.05) is 60.7 Å². The van der Waals surface area contributed by atoms with E-state index in [2.05, 4.69) is 51.4 Å². The number of amides is 2. The van der Waals surface area contributed by atoms with Gasteiger partial charge in [-0.2, -0.15) is 0 Å². The van der Waals surface area contributed by atoms with Gasteiger partial charge in [0, 0.05) is 14.8 Å². The zero-order valence-corrected chi connectivity index (χ0v) is 19.1. The molecule has 2 N–H and O–H groups in total. The first kappa shape index (κ1) is 21.1. The summed E-state index contributed by atoms with van der Waals surface area (Å²) in [6, 6.07) is 28.4. The summed E-state index contributed by atoms with van der Waals surface area (Å²) in [5.41, 5.74) is 2.74. The van der Waals surface area contributed by atoms with E-state index in [0.717, 1.165) is 19.9 Å². The Morgan fingerprint density at radius 2 is 1.52 bits per heavy atom. The molecule has 0 aromatic heterocycles. The Morgan fingerprint density at radius 3 is 2.35 bits per heavy atom. The van der Waals surface area contributed by atoms with Crippen LogP contribution in [-0.4, -0.2) is 11.8 Å². The minimum atomic E-state index is -0.202. The Hall–Kier alpha value is -3.19. The molecule has 5 heteroatoms. The first-order valence-electron chi connectivity index (χ1n) is 9.97. The zero-order valence-electron chi connectivity index (χ0n) is 16.9. The first-order chi connectivity index (χ1) is 15.0. The highest BCUT2D eigenvalue weighted by molar-refractivity contribution is 14.1. The van der Waals surface area contributed by atoms with Crippen LogP contribution in [0.5, 0.6) is 0 Å². The van der Waals surface area contributed by atoms with Gasteiger partial charge in [0.25, 0.3) is 11.8 Å². The van der Waals surface area contributed by atoms with Gasteiger partial charge in [-0.15, -0.1) is 0 Å². The van der Waals surface area contributed by atoms with Crippen molar-refractivity contribution in [3.05, 3.63) is 111 Å². The number of rotatable bonds is 5. The highest BCUT2D eigenvalue weighted by atomic mass is 127. The fraction of sp³-hybridized carbons (Fsp3) is 0.0769. The number of carbonyl (C=O) groups is 2. The summed E-state index contributed by atoms with van der Waals surface area (Å²) in [6.07, 6.45) is 0. The smallest absolute Gasteiger partial charge is 0.256 e. The molecule has 154 valence electrons. The van der Waals surface area contributed by atoms with Crippen LogP contribution in [0, 0.1) is 3.57 Å². The van der Waals surface area contributed by atoms with Gasteiger partial charge in [-0.3, -0.25) is 9.59 Å². The van der Waals surface area contributed by atoms with Crippen LogP contribution >= 0.6 is 22.6 Å². The van der Waals surface area contributed by atoms with Crippen LogP contribution < -0.4 is 10.6 Å². The van der Waals surface area contributed by atoms with Gasteiger partial charge in [0.15, 0.2) is 0 Å². The summed E-state index contributed by atoms with van der Waals surface area (Å²) in [7, 11) is 0. The molecule has 4 aromatic rings. The standard InChI is InChI=1S/C26H21IN2O2/c1-17(21-14-7-9-18-8-2-3-12-22(18)21)28-25(30)19-10-6-11-20(16-19)29-26(31)23-13-4-5-15-24(23)27/h2-17H,1H3,(H,28,30)(H,29,31)/t17-/m0/s1. The number of carbonyl (C=O) groups excluding carboxylic acids is 2. The summed E-state index contributed by atoms with van der Waals surface area (Å²) in [5, 5.41) is 8.21. The Bertz CT molecular complexity index is 1260. The minimum absolute atomic E-state index is 0.164. The third kappa shape index (κ3) is 4.77. The van der Waals surface area contributed by atoms with Crippen LogP contribution in [0.2, 0.25) is 0 Å². The van der Waals surface area contributed by atoms with Crippen LogP contribution in [0.3, 0.4) is 0 Å². The lowest BCUT2D eigenvalue weighted by molar-refractivity contribution is 0.0939. The number of nitrogens with one attached hydrogen (secondary N) is 2. The molecule has 4 rings (SSSR count). The van der Waals surface area contributed by atoms with Crippen LogP contribution in [-0.2, 0) is 0 Å². The van der Waals surface area contributed by atoms with Crippen molar-refractivity contribution in [2.75, 3.05) is 5.32 Å². The largest absolute Gasteiger partial charge is 0.345 e. The van der Waals surface area contributed by atoms with Gasteiger partial charge >= 0.3 is 0 Å². The highest BCUT2D eigenvalue weighted by Gasteiger charge is 2.15. The van der Waals surface area contributed by atoms with E-state index < -0.39 is 0 Å². The molecule has 0 radical (unpaired) electrons. The summed E-state index contributed by atoms with van der Waals surface area (Å²) in [5.74, 6) is -0.391. The number of benzene rings is 4. The third-order valence-electron chi connectivity index (χ3n) is 5.14. The summed E-state index contributed by atoms with van der Waals surface area (Å²) in [6.45, 7) is 1.97. The second-order valence-electron chi connectivity index (χ2n) is 7.28. The van der Waals surface area contributed by atoms with E-state index >= 15 is 0 Å². The lowest BCUT2D eigenvalue weighted by atomic mass is 9.99. The fourth-order valence-electron chi connectivity index (χ4n) is 3.57. The monoisotopic (exact) mass is 520 g/mol. The zero-order chi connectivity index (χ0) is 21.8. The molecule has 31 heavy (non-hydrogen) atoms. The van der Waals surface area contributed by atoms with Gasteiger partial charge in [0.2, 0.25) is 0 Å². The maximum atomic E-state index is 12.9. The van der Waals surface area contributed by atoms with Gasteiger partial charge in [-0.25, -0.2) is 0 Å². The van der Waals surface area contributed by atoms with Crippen molar-refractivity contribution in [1.82, 2.24) is 5.32 Å². The van der Waals surface area contributed by atoms with Crippen LogP contribution in [0.4, 0.5) is 5.69 Å². The molecule has 0 heterocycles. The van der Waals surface area contributed by atoms with Crippen molar-refractivity contribution in [3.8, 4) is 0 Å². The van der Waals surface area contributed by atoms with Gasteiger partial charge in [0.05, 0.1) is 11.6 Å². The van der Waals surface area contributed by atoms with E-state index in [1.54, 1.807) is 30.3 Å². The van der Waals surface area contributed by atoms with E-state index in [-0.39, 0.29) is 17.9 Å². The van der Waals surface area contributed by atoms with Crippen LogP contribution in [0.25, 0.3) is 10.8 Å². The molecular formula is C26H21IN2O2. The minimum Gasteiger partial charge on any atom is -0.345 e. The average Bonchev–Trinajstić information content (AvgIpc) is 2.79. The van der Waals surface area contributed by atoms with Crippen molar-refractivity contribution in [1.29, 1.82) is 0 Å². The fourth-order valence-corrected chi connectivity index (χ4v) is 4.20. The van der Waals surface area contributed by atoms with Crippen molar-refractivity contribution in [3.63, 3.8) is 0 Å². The number of anilines is 1. The average molecular weight is 520 g/mol. The number of halogens is 1. The maximum Gasteiger partial charge on any atom is 0.256 e. The first-order valence-corrected chi connectivity index (χ1v) is 11.1. The van der Waals surface area contributed by atoms with E-state index in [9.17, 15) is 9.59 Å². The molecular weight excluding hydrogens is 499 g/mol. The summed E-state index contributed by atoms with van der Waals surface area (Å²) < 4.78 is 0.871. The van der Waals surface area contributed by atoms with Gasteiger partial charge in [-0.05, 0) is 76.2 Å². The highest BCUT2D eigenvalue weighted by Crippen LogP contribution is 2.24. The lowest BCUT2D eigenvalue weighted by Crippen LogP contribution is -2.27. The summed E-state index contributed by atoms with van der Waals surface area (Å²) in [4.78, 5) is 25.5. The van der Waals surface area contributed by atoms with E-state index in [4.69, 9.17) is 0 Å². The Balaban J connectivity index is 1.50. The summed E-state index contributed by atoms with van der Waals surface area (Å²) >= 11 is 2.14. The van der Waals surface area contributed by atoms with Crippen LogP contribution in [0.1, 0.15) is 39.2 Å². The maximum absolute atomic E-state index is 12.9. The Kier molecular flexibility index (Phi) is 6.32. The predicted molar refractivity (Wildman–Crippen MR) is 133 cm³/mol. The topological polar surface area (TPSA) is 58.2 Å². The molecule has 2 amide bonds. The van der Waals surface area contributed by atoms with Gasteiger partial charge < -0.3 is 10.6 Å². The Labute approximate surface area is 194 Å². The number of fused-ring (bicyclic) bond motifs is 1. The molecule has 0 aliphatic carbocycles. The van der Waals surface area contributed by atoms with Crippen LogP contribution in [0.15, 0.2) is 91.0 Å². The molecule has 0 fully saturated rings. The molecule has 0 saturated carbocycles.